The van der Waals surface area contributed by atoms with Crippen LogP contribution in [0.3, 0.4) is 0 Å². The molecule has 0 aliphatic heterocycles. The van der Waals surface area contributed by atoms with Gasteiger partial charge in [-0.3, -0.25) is 19.7 Å². The molecule has 0 aliphatic rings. The molecule has 4 rings (SSSR count). The van der Waals surface area contributed by atoms with Crippen molar-refractivity contribution in [2.24, 2.45) is 0 Å². The number of carbonyl (C=O) groups is 2. The summed E-state index contributed by atoms with van der Waals surface area (Å²) in [7, 11) is 0. The third-order valence-electron chi connectivity index (χ3n) is 4.91. The van der Waals surface area contributed by atoms with E-state index in [2.05, 4.69) is 5.32 Å². The average Bonchev–Trinajstić information content (AvgIpc) is 3.21. The van der Waals surface area contributed by atoms with Crippen LogP contribution in [0.15, 0.2) is 77.2 Å². The minimum atomic E-state index is -0.606. The Bertz CT molecular complexity index is 1360. The number of ether oxygens (including phenoxy) is 2. The lowest BCUT2D eigenvalue weighted by Gasteiger charge is -2.09. The van der Waals surface area contributed by atoms with Crippen LogP contribution in [0.25, 0.3) is 11.0 Å². The number of rotatable bonds is 9. The van der Waals surface area contributed by atoms with Crippen molar-refractivity contribution in [3.8, 4) is 11.5 Å². The molecule has 9 heteroatoms. The molecular weight excluding hydrogens is 440 g/mol. The zero-order chi connectivity index (χ0) is 24.1. The number of benzene rings is 3. The van der Waals surface area contributed by atoms with Gasteiger partial charge in [0.1, 0.15) is 11.3 Å². The Kier molecular flexibility index (Phi) is 6.54. The molecule has 4 aromatic rings. The first-order valence-electron chi connectivity index (χ1n) is 10.4. The molecule has 0 bridgehead atoms. The molecule has 0 saturated carbocycles. The number of nitrogens with zero attached hydrogens (tertiary/aromatic N) is 1. The molecule has 172 valence electrons. The first kappa shape index (κ1) is 22.5. The second kappa shape index (κ2) is 9.86. The van der Waals surface area contributed by atoms with Gasteiger partial charge in [0.25, 0.3) is 5.91 Å². The van der Waals surface area contributed by atoms with E-state index in [9.17, 15) is 19.7 Å². The van der Waals surface area contributed by atoms with Crippen molar-refractivity contribution in [3.05, 3.63) is 94.2 Å². The number of anilines is 1. The zero-order valence-corrected chi connectivity index (χ0v) is 18.1. The van der Waals surface area contributed by atoms with Gasteiger partial charge in [-0.2, -0.15) is 0 Å². The Morgan fingerprint density at radius 1 is 0.971 bits per heavy atom. The fourth-order valence-electron chi connectivity index (χ4n) is 3.38. The summed E-state index contributed by atoms with van der Waals surface area (Å²) in [5, 5.41) is 14.3. The molecule has 0 atom stereocenters. The van der Waals surface area contributed by atoms with E-state index >= 15 is 0 Å². The molecule has 0 spiro atoms. The van der Waals surface area contributed by atoms with E-state index in [-0.39, 0.29) is 22.9 Å². The van der Waals surface area contributed by atoms with Gasteiger partial charge >= 0.3 is 5.69 Å². The van der Waals surface area contributed by atoms with E-state index in [1.54, 1.807) is 54.6 Å². The number of furan rings is 1. The van der Waals surface area contributed by atoms with E-state index in [0.717, 1.165) is 0 Å². The summed E-state index contributed by atoms with van der Waals surface area (Å²) in [5.74, 6) is -0.473. The monoisotopic (exact) mass is 460 g/mol. The van der Waals surface area contributed by atoms with Gasteiger partial charge in [0, 0.05) is 17.0 Å². The maximum atomic E-state index is 13.2. The quantitative estimate of drug-likeness (QED) is 0.212. The van der Waals surface area contributed by atoms with Crippen molar-refractivity contribution < 1.29 is 28.4 Å². The Balaban J connectivity index is 1.58. The number of amides is 1. The molecule has 0 unspecified atom stereocenters. The smallest absolute Gasteiger partial charge is 0.310 e. The topological polar surface area (TPSA) is 121 Å². The fraction of sp³-hybridized carbons (Fsp3) is 0.120. The van der Waals surface area contributed by atoms with Gasteiger partial charge in [0.15, 0.2) is 18.1 Å². The SMILES string of the molecule is CCOc1ccc(C(=O)c2oc3ccccc3c2NC(=O)COc2ccccc2[N+](=O)[O-])cc1. The lowest BCUT2D eigenvalue weighted by Crippen LogP contribution is -2.21. The van der Waals surface area contributed by atoms with Crippen molar-refractivity contribution in [2.75, 3.05) is 18.5 Å². The molecule has 3 aromatic carbocycles. The van der Waals surface area contributed by atoms with Crippen LogP contribution in [-0.2, 0) is 4.79 Å². The second-order valence-electron chi connectivity index (χ2n) is 7.15. The van der Waals surface area contributed by atoms with E-state index < -0.39 is 23.2 Å². The number of para-hydroxylation sites is 3. The zero-order valence-electron chi connectivity index (χ0n) is 18.1. The third kappa shape index (κ3) is 4.73. The first-order valence-corrected chi connectivity index (χ1v) is 10.4. The Morgan fingerprint density at radius 3 is 2.41 bits per heavy atom. The largest absolute Gasteiger partial charge is 0.494 e. The highest BCUT2D eigenvalue weighted by molar-refractivity contribution is 6.17. The van der Waals surface area contributed by atoms with E-state index in [4.69, 9.17) is 13.9 Å². The molecule has 0 aliphatic carbocycles. The van der Waals surface area contributed by atoms with Crippen molar-refractivity contribution in [1.82, 2.24) is 0 Å². The summed E-state index contributed by atoms with van der Waals surface area (Å²) in [6, 6.07) is 19.2. The molecule has 34 heavy (non-hydrogen) atoms. The lowest BCUT2D eigenvalue weighted by molar-refractivity contribution is -0.385. The number of ketones is 1. The molecule has 0 saturated heterocycles. The van der Waals surface area contributed by atoms with Crippen molar-refractivity contribution in [2.45, 2.75) is 6.92 Å². The summed E-state index contributed by atoms with van der Waals surface area (Å²) in [4.78, 5) is 36.4. The van der Waals surface area contributed by atoms with Gasteiger partial charge in [-0.15, -0.1) is 0 Å². The molecule has 1 aromatic heterocycles. The van der Waals surface area contributed by atoms with Crippen LogP contribution in [0.1, 0.15) is 23.0 Å². The minimum absolute atomic E-state index is 0.0367. The number of carbonyl (C=O) groups excluding carboxylic acids is 2. The molecule has 1 heterocycles. The van der Waals surface area contributed by atoms with Gasteiger partial charge in [-0.25, -0.2) is 0 Å². The first-order chi connectivity index (χ1) is 16.5. The standard InChI is InChI=1S/C25H20N2O7/c1-2-32-17-13-11-16(12-14-17)24(29)25-23(18-7-3-5-9-20(18)34-25)26-22(28)15-33-21-10-6-4-8-19(21)27(30)31/h3-14H,2,15H2,1H3,(H,26,28). The average molecular weight is 460 g/mol. The Hall–Kier alpha value is -4.66. The summed E-state index contributed by atoms with van der Waals surface area (Å²) < 4.78 is 16.6. The minimum Gasteiger partial charge on any atom is -0.494 e. The van der Waals surface area contributed by atoms with Crippen molar-refractivity contribution >= 4 is 34.0 Å². The Labute approximate surface area is 194 Å². The van der Waals surface area contributed by atoms with Crippen LogP contribution in [-0.4, -0.2) is 29.8 Å². The van der Waals surface area contributed by atoms with Crippen LogP contribution < -0.4 is 14.8 Å². The molecule has 0 fully saturated rings. The van der Waals surface area contributed by atoms with Crippen LogP contribution in [0.2, 0.25) is 0 Å². The number of nitrogens with one attached hydrogen (secondary N) is 1. The summed E-state index contributed by atoms with van der Waals surface area (Å²) in [5.41, 5.74) is 0.724. The normalized spacial score (nSPS) is 10.6. The predicted octanol–water partition coefficient (Wildman–Crippen LogP) is 4.99. The van der Waals surface area contributed by atoms with E-state index in [1.807, 2.05) is 6.92 Å². The van der Waals surface area contributed by atoms with Crippen LogP contribution in [0.4, 0.5) is 11.4 Å². The number of hydrogen-bond donors (Lipinski definition) is 1. The van der Waals surface area contributed by atoms with E-state index in [0.29, 0.717) is 28.9 Å². The molecule has 1 N–H and O–H groups in total. The number of hydrogen-bond acceptors (Lipinski definition) is 7. The number of nitro groups is 1. The summed E-state index contributed by atoms with van der Waals surface area (Å²) in [6.45, 7) is 1.87. The highest BCUT2D eigenvalue weighted by Gasteiger charge is 2.24. The molecule has 0 radical (unpaired) electrons. The fourth-order valence-corrected chi connectivity index (χ4v) is 3.38. The van der Waals surface area contributed by atoms with Gasteiger partial charge in [-0.05, 0) is 49.4 Å². The summed E-state index contributed by atoms with van der Waals surface area (Å²) in [6.07, 6.45) is 0. The van der Waals surface area contributed by atoms with Crippen LogP contribution in [0, 0.1) is 10.1 Å². The second-order valence-corrected chi connectivity index (χ2v) is 7.15. The maximum absolute atomic E-state index is 13.2. The molecular formula is C25H20N2O7. The van der Waals surface area contributed by atoms with E-state index in [1.165, 1.54) is 18.2 Å². The number of nitro benzene ring substituents is 1. The lowest BCUT2D eigenvalue weighted by atomic mass is 10.1. The molecule has 1 amide bonds. The van der Waals surface area contributed by atoms with Crippen LogP contribution >= 0.6 is 0 Å². The van der Waals surface area contributed by atoms with Gasteiger partial charge in [-0.1, -0.05) is 24.3 Å². The molecule has 9 nitrogen and oxygen atoms in total. The Morgan fingerprint density at radius 2 is 1.68 bits per heavy atom. The van der Waals surface area contributed by atoms with Crippen molar-refractivity contribution in [3.63, 3.8) is 0 Å². The van der Waals surface area contributed by atoms with Gasteiger partial charge < -0.3 is 19.2 Å². The van der Waals surface area contributed by atoms with Crippen LogP contribution in [0.5, 0.6) is 11.5 Å². The predicted molar refractivity (Wildman–Crippen MR) is 124 cm³/mol. The highest BCUT2D eigenvalue weighted by atomic mass is 16.6. The maximum Gasteiger partial charge on any atom is 0.310 e. The number of fused-ring (bicyclic) bond motifs is 1. The van der Waals surface area contributed by atoms with Gasteiger partial charge in [0.05, 0.1) is 17.2 Å². The summed E-state index contributed by atoms with van der Waals surface area (Å²) >= 11 is 0. The third-order valence-corrected chi connectivity index (χ3v) is 4.91. The van der Waals surface area contributed by atoms with Crippen molar-refractivity contribution in [1.29, 1.82) is 0 Å². The highest BCUT2D eigenvalue weighted by Crippen LogP contribution is 2.33. The van der Waals surface area contributed by atoms with Gasteiger partial charge in [0.2, 0.25) is 5.78 Å².